The fourth-order valence-corrected chi connectivity index (χ4v) is 3.50. The van der Waals surface area contributed by atoms with Crippen LogP contribution in [-0.4, -0.2) is 17.8 Å². The zero-order valence-corrected chi connectivity index (χ0v) is 14.5. The van der Waals surface area contributed by atoms with Crippen molar-refractivity contribution in [2.45, 2.75) is 52.2 Å². The second-order valence-corrected chi connectivity index (χ2v) is 6.97. The SMILES string of the molecule is CC1(C)[C@H](ON=C2CCCCC2)NC(Cl)=C(C#N)[C@@]1(C#N)C(N)=O. The number of hydrogen-bond acceptors (Lipinski definition) is 6. The first-order valence-electron chi connectivity index (χ1n) is 7.81. The van der Waals surface area contributed by atoms with Gasteiger partial charge in [-0.2, -0.15) is 10.5 Å². The molecule has 2 aliphatic rings. The molecule has 0 aromatic carbocycles. The molecular formula is C16H20ClN5O2. The molecule has 1 heterocycles. The Bertz CT molecular complexity index is 678. The van der Waals surface area contributed by atoms with Gasteiger partial charge >= 0.3 is 0 Å². The largest absolute Gasteiger partial charge is 0.370 e. The maximum atomic E-state index is 12.1. The molecule has 0 saturated heterocycles. The lowest BCUT2D eigenvalue weighted by Crippen LogP contribution is -2.61. The van der Waals surface area contributed by atoms with Crippen molar-refractivity contribution in [2.24, 2.45) is 21.7 Å². The molecule has 1 fully saturated rings. The molecule has 0 aromatic heterocycles. The van der Waals surface area contributed by atoms with Gasteiger partial charge in [0.05, 0.1) is 22.8 Å². The van der Waals surface area contributed by atoms with Crippen LogP contribution in [0.1, 0.15) is 46.0 Å². The molecule has 1 aliphatic carbocycles. The lowest BCUT2D eigenvalue weighted by Gasteiger charge is -2.46. The van der Waals surface area contributed by atoms with E-state index in [1.807, 2.05) is 12.1 Å². The van der Waals surface area contributed by atoms with Gasteiger partial charge < -0.3 is 15.9 Å². The van der Waals surface area contributed by atoms with E-state index in [9.17, 15) is 15.3 Å². The van der Waals surface area contributed by atoms with Crippen LogP contribution in [0, 0.1) is 33.5 Å². The first-order chi connectivity index (χ1) is 11.3. The number of halogens is 1. The van der Waals surface area contributed by atoms with Gasteiger partial charge in [0.15, 0.2) is 5.41 Å². The van der Waals surface area contributed by atoms with Gasteiger partial charge in [0.1, 0.15) is 11.2 Å². The first-order valence-corrected chi connectivity index (χ1v) is 8.18. The van der Waals surface area contributed by atoms with Gasteiger partial charge in [-0.05, 0) is 25.7 Å². The van der Waals surface area contributed by atoms with E-state index in [1.54, 1.807) is 13.8 Å². The van der Waals surface area contributed by atoms with Crippen LogP contribution < -0.4 is 11.1 Å². The van der Waals surface area contributed by atoms with Gasteiger partial charge in [-0.15, -0.1) is 0 Å². The lowest BCUT2D eigenvalue weighted by molar-refractivity contribution is -0.139. The third-order valence-electron chi connectivity index (χ3n) is 4.84. The highest BCUT2D eigenvalue weighted by Crippen LogP contribution is 2.51. The quantitative estimate of drug-likeness (QED) is 0.597. The van der Waals surface area contributed by atoms with E-state index < -0.39 is 23.0 Å². The molecule has 24 heavy (non-hydrogen) atoms. The summed E-state index contributed by atoms with van der Waals surface area (Å²) in [4.78, 5) is 17.7. The summed E-state index contributed by atoms with van der Waals surface area (Å²) in [7, 11) is 0. The minimum Gasteiger partial charge on any atom is -0.370 e. The summed E-state index contributed by atoms with van der Waals surface area (Å²) in [5.74, 6) is -0.940. The van der Waals surface area contributed by atoms with Gasteiger partial charge in [0.2, 0.25) is 12.1 Å². The van der Waals surface area contributed by atoms with E-state index in [4.69, 9.17) is 22.2 Å². The molecule has 0 bridgehead atoms. The third-order valence-corrected chi connectivity index (χ3v) is 5.14. The summed E-state index contributed by atoms with van der Waals surface area (Å²) in [5.41, 5.74) is 3.17. The average Bonchev–Trinajstić information content (AvgIpc) is 2.55. The second kappa shape index (κ2) is 6.70. The lowest BCUT2D eigenvalue weighted by atomic mass is 9.59. The van der Waals surface area contributed by atoms with Gasteiger partial charge in [-0.25, -0.2) is 0 Å². The molecule has 0 unspecified atom stereocenters. The standard InChI is InChI=1S/C16H20ClN5O2/c1-15(2)14(24-22-10-6-4-3-5-7-10)21-12(17)11(8-18)16(15,9-19)13(20)23/h14,21H,3-7H2,1-2H3,(H2,20,23)/t14-,16-/m0/s1. The minimum atomic E-state index is -1.90. The Balaban J connectivity index is 2.42. The third kappa shape index (κ3) is 2.70. The summed E-state index contributed by atoms with van der Waals surface area (Å²) in [6.45, 7) is 3.25. The molecule has 0 spiro atoms. The summed E-state index contributed by atoms with van der Waals surface area (Å²) >= 11 is 6.09. The van der Waals surface area contributed by atoms with Crippen molar-refractivity contribution in [3.05, 3.63) is 10.7 Å². The van der Waals surface area contributed by atoms with Crippen LogP contribution >= 0.6 is 11.6 Å². The number of nitrogens with two attached hydrogens (primary N) is 1. The maximum absolute atomic E-state index is 12.1. The Labute approximate surface area is 146 Å². The van der Waals surface area contributed by atoms with Crippen molar-refractivity contribution in [1.82, 2.24) is 5.32 Å². The van der Waals surface area contributed by atoms with Crippen molar-refractivity contribution >= 4 is 23.2 Å². The van der Waals surface area contributed by atoms with E-state index in [2.05, 4.69) is 10.5 Å². The van der Waals surface area contributed by atoms with E-state index in [1.165, 1.54) is 6.42 Å². The molecule has 1 saturated carbocycles. The molecule has 8 heteroatoms. The van der Waals surface area contributed by atoms with Crippen molar-refractivity contribution in [1.29, 1.82) is 10.5 Å². The fourth-order valence-electron chi connectivity index (χ4n) is 3.22. The van der Waals surface area contributed by atoms with Gasteiger partial charge in [-0.1, -0.05) is 37.0 Å². The molecule has 3 N–H and O–H groups in total. The number of nitrogens with zero attached hydrogens (tertiary/aromatic N) is 3. The number of carbonyl (C=O) groups is 1. The Morgan fingerprint density at radius 2 is 2.00 bits per heavy atom. The molecule has 0 aromatic rings. The van der Waals surface area contributed by atoms with E-state index in [-0.39, 0.29) is 10.7 Å². The number of amides is 1. The molecule has 7 nitrogen and oxygen atoms in total. The first kappa shape index (κ1) is 18.1. The van der Waals surface area contributed by atoms with Crippen LogP contribution in [-0.2, 0) is 9.63 Å². The van der Waals surface area contributed by atoms with Crippen LogP contribution in [0.2, 0.25) is 0 Å². The van der Waals surface area contributed by atoms with Gasteiger partial charge in [0, 0.05) is 0 Å². The number of nitriles is 2. The molecule has 2 atom stereocenters. The summed E-state index contributed by atoms with van der Waals surface area (Å²) < 4.78 is 0. The van der Waals surface area contributed by atoms with Crippen LogP contribution in [0.15, 0.2) is 15.9 Å². The van der Waals surface area contributed by atoms with Crippen molar-refractivity contribution in [3.63, 3.8) is 0 Å². The van der Waals surface area contributed by atoms with Crippen molar-refractivity contribution in [2.75, 3.05) is 0 Å². The normalized spacial score (nSPS) is 29.0. The minimum absolute atomic E-state index is 0.119. The maximum Gasteiger partial charge on any atom is 0.244 e. The zero-order chi connectivity index (χ0) is 18.0. The zero-order valence-electron chi connectivity index (χ0n) is 13.7. The van der Waals surface area contributed by atoms with Crippen LogP contribution in [0.25, 0.3) is 0 Å². The number of hydrogen-bond donors (Lipinski definition) is 2. The van der Waals surface area contributed by atoms with E-state index >= 15 is 0 Å². The van der Waals surface area contributed by atoms with Gasteiger partial charge in [-0.3, -0.25) is 4.79 Å². The predicted molar refractivity (Wildman–Crippen MR) is 88.0 cm³/mol. The van der Waals surface area contributed by atoms with Crippen molar-refractivity contribution in [3.8, 4) is 12.1 Å². The Morgan fingerprint density at radius 1 is 1.38 bits per heavy atom. The van der Waals surface area contributed by atoms with Crippen LogP contribution in [0.4, 0.5) is 0 Å². The number of rotatable bonds is 3. The molecule has 0 radical (unpaired) electrons. The molecule has 128 valence electrons. The second-order valence-electron chi connectivity index (χ2n) is 6.60. The number of nitrogens with one attached hydrogen (secondary N) is 1. The van der Waals surface area contributed by atoms with E-state index in [0.717, 1.165) is 31.4 Å². The number of oxime groups is 1. The number of carbonyl (C=O) groups excluding carboxylic acids is 1. The highest BCUT2D eigenvalue weighted by atomic mass is 35.5. The number of primary amides is 1. The summed E-state index contributed by atoms with van der Waals surface area (Å²) in [6, 6.07) is 3.73. The van der Waals surface area contributed by atoms with Crippen LogP contribution in [0.3, 0.4) is 0 Å². The highest BCUT2D eigenvalue weighted by Gasteiger charge is 2.62. The predicted octanol–water partition coefficient (Wildman–Crippen LogP) is 2.25. The smallest absolute Gasteiger partial charge is 0.244 e. The summed E-state index contributed by atoms with van der Waals surface area (Å²) in [5, 5.41) is 25.9. The molecule has 1 amide bonds. The highest BCUT2D eigenvalue weighted by molar-refractivity contribution is 6.30. The van der Waals surface area contributed by atoms with Crippen LogP contribution in [0.5, 0.6) is 0 Å². The van der Waals surface area contributed by atoms with Crippen molar-refractivity contribution < 1.29 is 9.63 Å². The van der Waals surface area contributed by atoms with Gasteiger partial charge in [0.25, 0.3) is 0 Å². The topological polar surface area (TPSA) is 124 Å². The fraction of sp³-hybridized carbons (Fsp3) is 0.625. The molecule has 1 aliphatic heterocycles. The summed E-state index contributed by atoms with van der Waals surface area (Å²) in [6.07, 6.45) is 4.15. The molecule has 2 rings (SSSR count). The Hall–Kier alpha value is -2.25. The Morgan fingerprint density at radius 3 is 2.50 bits per heavy atom. The average molecular weight is 350 g/mol. The Kier molecular flexibility index (Phi) is 5.05. The molecular weight excluding hydrogens is 330 g/mol. The van der Waals surface area contributed by atoms with E-state index in [0.29, 0.717) is 0 Å². The monoisotopic (exact) mass is 349 g/mol.